The summed E-state index contributed by atoms with van der Waals surface area (Å²) in [6.45, 7) is 2.14. The predicted octanol–water partition coefficient (Wildman–Crippen LogP) is 4.83. The van der Waals surface area contributed by atoms with Gasteiger partial charge in [-0.1, -0.05) is 30.1 Å². The molecule has 2 fully saturated rings. The number of fused-ring (bicyclic) bond motifs is 2. The quantitative estimate of drug-likeness (QED) is 0.742. The molecule has 1 unspecified atom stereocenters. The van der Waals surface area contributed by atoms with Gasteiger partial charge in [-0.05, 0) is 57.4 Å². The minimum Gasteiger partial charge on any atom is -0.299 e. The average Bonchev–Trinajstić information content (AvgIpc) is 2.74. The Kier molecular flexibility index (Phi) is 4.06. The number of halogens is 2. The van der Waals surface area contributed by atoms with Gasteiger partial charge in [0, 0.05) is 23.1 Å². The lowest BCUT2D eigenvalue weighted by molar-refractivity contribution is 0.0281. The number of carbonyl (C=O) groups is 1. The Morgan fingerprint density at radius 3 is 2.71 bits per heavy atom. The van der Waals surface area contributed by atoms with E-state index >= 15 is 0 Å². The fourth-order valence-electron chi connectivity index (χ4n) is 4.38. The van der Waals surface area contributed by atoms with Crippen molar-refractivity contribution >= 4 is 29.0 Å². The molecular formula is C17H21Cl2NO. The minimum absolute atomic E-state index is 0.237. The first-order valence-corrected chi connectivity index (χ1v) is 8.47. The van der Waals surface area contributed by atoms with Crippen LogP contribution in [0.15, 0.2) is 18.2 Å². The second kappa shape index (κ2) is 5.57. The van der Waals surface area contributed by atoms with Crippen molar-refractivity contribution in [1.29, 1.82) is 0 Å². The zero-order chi connectivity index (χ0) is 15.2. The number of nitrogens with zero attached hydrogens (tertiary/aromatic N) is 1. The van der Waals surface area contributed by atoms with Crippen molar-refractivity contribution in [3.05, 3.63) is 33.8 Å². The number of hydrogen-bond donors (Lipinski definition) is 0. The molecule has 3 rings (SSSR count). The molecule has 0 N–H and O–H groups in total. The van der Waals surface area contributed by atoms with E-state index in [0.29, 0.717) is 27.7 Å². The molecule has 2 aliphatic heterocycles. The molecule has 4 heteroatoms. The predicted molar refractivity (Wildman–Crippen MR) is 87.3 cm³/mol. The van der Waals surface area contributed by atoms with Gasteiger partial charge in [-0.15, -0.1) is 0 Å². The first-order valence-electron chi connectivity index (χ1n) is 7.71. The third-order valence-electron chi connectivity index (χ3n) is 5.67. The molecule has 1 aromatic rings. The molecule has 2 heterocycles. The Labute approximate surface area is 136 Å². The maximum absolute atomic E-state index is 13.2. The Hall–Kier alpha value is -0.570. The fourth-order valence-corrected chi connectivity index (χ4v) is 4.68. The number of benzene rings is 1. The monoisotopic (exact) mass is 325 g/mol. The van der Waals surface area contributed by atoms with Crippen molar-refractivity contribution in [1.82, 2.24) is 4.90 Å². The maximum atomic E-state index is 13.2. The molecule has 2 aliphatic rings. The van der Waals surface area contributed by atoms with E-state index in [1.54, 1.807) is 12.1 Å². The summed E-state index contributed by atoms with van der Waals surface area (Å²) in [6, 6.07) is 6.30. The Morgan fingerprint density at radius 1 is 1.29 bits per heavy atom. The number of Topliss-reactive ketones (excluding diaryl/α,β-unsaturated/α-hetero) is 1. The molecule has 0 amide bonds. The molecule has 0 aliphatic carbocycles. The smallest absolute Gasteiger partial charge is 0.170 e. The zero-order valence-electron chi connectivity index (χ0n) is 12.5. The Bertz CT molecular complexity index is 574. The maximum Gasteiger partial charge on any atom is 0.170 e. The molecule has 0 radical (unpaired) electrons. The highest BCUT2D eigenvalue weighted by Gasteiger charge is 2.53. The molecule has 2 saturated heterocycles. The third kappa shape index (κ3) is 2.32. The molecule has 1 aromatic carbocycles. The molecule has 2 bridgehead atoms. The highest BCUT2D eigenvalue weighted by Crippen LogP contribution is 2.49. The van der Waals surface area contributed by atoms with Gasteiger partial charge in [0.25, 0.3) is 0 Å². The summed E-state index contributed by atoms with van der Waals surface area (Å²) in [5.74, 6) is 0.237. The van der Waals surface area contributed by atoms with Gasteiger partial charge >= 0.3 is 0 Å². The average molecular weight is 326 g/mol. The molecule has 3 atom stereocenters. The summed E-state index contributed by atoms with van der Waals surface area (Å²) in [5.41, 5.74) is 0.434. The Balaban J connectivity index is 1.98. The van der Waals surface area contributed by atoms with Crippen molar-refractivity contribution in [2.45, 2.75) is 51.1 Å². The van der Waals surface area contributed by atoms with E-state index in [2.05, 4.69) is 18.9 Å². The summed E-state index contributed by atoms with van der Waals surface area (Å²) in [7, 11) is 2.17. The van der Waals surface area contributed by atoms with Crippen LogP contribution in [0.3, 0.4) is 0 Å². The summed E-state index contributed by atoms with van der Waals surface area (Å²) < 4.78 is 0. The van der Waals surface area contributed by atoms with Crippen molar-refractivity contribution in [2.75, 3.05) is 7.05 Å². The van der Waals surface area contributed by atoms with Crippen LogP contribution in [0.1, 0.15) is 49.4 Å². The lowest BCUT2D eigenvalue weighted by Crippen LogP contribution is -2.53. The van der Waals surface area contributed by atoms with Crippen molar-refractivity contribution < 1.29 is 4.79 Å². The van der Waals surface area contributed by atoms with Crippen LogP contribution in [0.25, 0.3) is 0 Å². The van der Waals surface area contributed by atoms with Crippen LogP contribution in [0, 0.1) is 5.41 Å². The van der Waals surface area contributed by atoms with Crippen LogP contribution in [0.2, 0.25) is 10.0 Å². The summed E-state index contributed by atoms with van der Waals surface area (Å²) in [4.78, 5) is 15.7. The highest BCUT2D eigenvalue weighted by molar-refractivity contribution is 6.42. The molecule has 0 aromatic heterocycles. The summed E-state index contributed by atoms with van der Waals surface area (Å²) in [6.07, 6.45) is 5.34. The van der Waals surface area contributed by atoms with Gasteiger partial charge in [-0.2, -0.15) is 0 Å². The summed E-state index contributed by atoms with van der Waals surface area (Å²) in [5, 5.41) is 0.961. The van der Waals surface area contributed by atoms with Crippen molar-refractivity contribution in [3.63, 3.8) is 0 Å². The van der Waals surface area contributed by atoms with Crippen molar-refractivity contribution in [3.8, 4) is 0 Å². The molecule has 21 heavy (non-hydrogen) atoms. The van der Waals surface area contributed by atoms with Gasteiger partial charge in [0.1, 0.15) is 0 Å². The van der Waals surface area contributed by atoms with Crippen LogP contribution in [-0.4, -0.2) is 29.8 Å². The first kappa shape index (κ1) is 15.3. The van der Waals surface area contributed by atoms with Gasteiger partial charge < -0.3 is 0 Å². The van der Waals surface area contributed by atoms with Crippen LogP contribution < -0.4 is 0 Å². The van der Waals surface area contributed by atoms with E-state index in [4.69, 9.17) is 23.2 Å². The van der Waals surface area contributed by atoms with Gasteiger partial charge in [0.05, 0.1) is 10.0 Å². The van der Waals surface area contributed by atoms with Crippen LogP contribution in [-0.2, 0) is 0 Å². The normalized spacial score (nSPS) is 32.4. The zero-order valence-corrected chi connectivity index (χ0v) is 14.0. The minimum atomic E-state index is -0.265. The second-order valence-electron chi connectivity index (χ2n) is 6.42. The third-order valence-corrected chi connectivity index (χ3v) is 6.41. The van der Waals surface area contributed by atoms with Gasteiger partial charge in [-0.25, -0.2) is 0 Å². The van der Waals surface area contributed by atoms with E-state index in [-0.39, 0.29) is 11.2 Å². The van der Waals surface area contributed by atoms with Crippen molar-refractivity contribution in [2.24, 2.45) is 5.41 Å². The standard InChI is InChI=1S/C17H21Cl2NO/c1-3-17(9-8-12-5-7-15(17)20(12)2)16(21)11-4-6-13(18)14(19)10-11/h4,6,10,12,15H,3,5,7-9H2,1-2H3/t12-,15?,17+/m0/s1. The molecule has 0 saturated carbocycles. The summed E-state index contributed by atoms with van der Waals surface area (Å²) >= 11 is 12.1. The second-order valence-corrected chi connectivity index (χ2v) is 7.23. The number of rotatable bonds is 3. The van der Waals surface area contributed by atoms with E-state index in [1.165, 1.54) is 6.42 Å². The van der Waals surface area contributed by atoms with Gasteiger partial charge in [0.2, 0.25) is 0 Å². The lowest BCUT2D eigenvalue weighted by atomic mass is 9.67. The number of hydrogen-bond acceptors (Lipinski definition) is 2. The number of ketones is 1. The molecule has 2 nitrogen and oxygen atoms in total. The van der Waals surface area contributed by atoms with E-state index in [9.17, 15) is 4.79 Å². The van der Waals surface area contributed by atoms with Gasteiger partial charge in [-0.3, -0.25) is 9.69 Å². The van der Waals surface area contributed by atoms with Crippen LogP contribution in [0.4, 0.5) is 0 Å². The van der Waals surface area contributed by atoms with Crippen LogP contribution >= 0.6 is 23.2 Å². The lowest BCUT2D eigenvalue weighted by Gasteiger charge is -2.46. The van der Waals surface area contributed by atoms with E-state index < -0.39 is 0 Å². The van der Waals surface area contributed by atoms with Gasteiger partial charge in [0.15, 0.2) is 5.78 Å². The fraction of sp³-hybridized carbons (Fsp3) is 0.588. The van der Waals surface area contributed by atoms with E-state index in [1.807, 2.05) is 6.07 Å². The molecular weight excluding hydrogens is 305 g/mol. The SMILES string of the molecule is CC[C@@]1(C(=O)c2ccc(Cl)c(Cl)c2)CC[C@@H]2CCC1N2C. The number of piperidine rings is 1. The first-order chi connectivity index (χ1) is 9.99. The Morgan fingerprint density at radius 2 is 2.05 bits per heavy atom. The van der Waals surface area contributed by atoms with Crippen LogP contribution in [0.5, 0.6) is 0 Å². The number of carbonyl (C=O) groups excluding carboxylic acids is 1. The van der Waals surface area contributed by atoms with E-state index in [0.717, 1.165) is 25.7 Å². The highest BCUT2D eigenvalue weighted by atomic mass is 35.5. The largest absolute Gasteiger partial charge is 0.299 e. The molecule has 114 valence electrons. The molecule has 0 spiro atoms. The topological polar surface area (TPSA) is 20.3 Å².